The van der Waals surface area contributed by atoms with Crippen molar-refractivity contribution in [2.75, 3.05) is 44.2 Å². The lowest BCUT2D eigenvalue weighted by Crippen LogP contribution is -2.70. The maximum absolute atomic E-state index is 15.1. The van der Waals surface area contributed by atoms with E-state index in [9.17, 15) is 24.6 Å². The molecule has 4 fully saturated rings. The largest absolute Gasteiger partial charge is 0.507 e. The molecule has 3 aromatic heterocycles. The number of carbonyl (C=O) groups excluding carboxylic acids is 3. The van der Waals surface area contributed by atoms with Gasteiger partial charge in [0.05, 0.1) is 17.8 Å². The van der Waals surface area contributed by atoms with Crippen LogP contribution in [0.25, 0.3) is 22.3 Å². The number of halogens is 3. The summed E-state index contributed by atoms with van der Waals surface area (Å²) in [6.07, 6.45) is 7.27. The maximum Gasteiger partial charge on any atom is 0.413 e. The monoisotopic (exact) mass is 987 g/mol. The normalized spacial score (nSPS) is 22.4. The van der Waals surface area contributed by atoms with E-state index in [2.05, 4.69) is 46.6 Å². The third-order valence-corrected chi connectivity index (χ3v) is 15.6. The minimum Gasteiger partial charge on any atom is -0.507 e. The first-order chi connectivity index (χ1) is 34.3. The van der Waals surface area contributed by atoms with E-state index in [0.29, 0.717) is 36.8 Å². The number of piperidine rings is 1. The second-order valence-electron chi connectivity index (χ2n) is 21.6. The summed E-state index contributed by atoms with van der Waals surface area (Å²) in [5.74, 6) is 1.89. The highest BCUT2D eigenvalue weighted by Crippen LogP contribution is 2.51. The average molecular weight is 988 g/mol. The third kappa shape index (κ3) is 9.30. The third-order valence-electron chi connectivity index (χ3n) is 15.6. The topological polar surface area (TPSA) is 196 Å². The van der Waals surface area contributed by atoms with Crippen LogP contribution >= 0.6 is 0 Å². The lowest BCUT2D eigenvalue weighted by molar-refractivity contribution is -0.151. The van der Waals surface area contributed by atoms with Crippen LogP contribution in [0.15, 0.2) is 67.0 Å². The van der Waals surface area contributed by atoms with E-state index in [1.807, 2.05) is 39.8 Å². The minimum atomic E-state index is -4.67. The number of terminal acetylenes is 1. The van der Waals surface area contributed by atoms with Gasteiger partial charge in [0.15, 0.2) is 11.7 Å². The minimum absolute atomic E-state index is 0.00000732. The number of nitrogens with one attached hydrogen (secondary N) is 3. The molecule has 4 aliphatic heterocycles. The molecule has 7 heterocycles. The summed E-state index contributed by atoms with van der Waals surface area (Å²) < 4.78 is 45.3. The molecule has 10 rings (SSSR count). The van der Waals surface area contributed by atoms with Crippen LogP contribution in [0, 0.1) is 23.2 Å². The molecule has 16 nitrogen and oxygen atoms in total. The van der Waals surface area contributed by atoms with Crippen LogP contribution in [0.1, 0.15) is 106 Å². The molecule has 1 saturated carbocycles. The fourth-order valence-electron chi connectivity index (χ4n) is 11.7. The van der Waals surface area contributed by atoms with Crippen molar-refractivity contribution in [1.82, 2.24) is 50.5 Å². The second kappa shape index (κ2) is 18.7. The van der Waals surface area contributed by atoms with E-state index >= 15 is 13.2 Å². The first kappa shape index (κ1) is 48.8. The lowest BCUT2D eigenvalue weighted by atomic mass is 9.60. The molecular weight excluding hydrogens is 928 g/mol. The Balaban J connectivity index is 0.716. The van der Waals surface area contributed by atoms with Crippen molar-refractivity contribution >= 4 is 34.8 Å². The summed E-state index contributed by atoms with van der Waals surface area (Å²) in [7, 11) is 0. The van der Waals surface area contributed by atoms with Gasteiger partial charge in [-0.1, -0.05) is 51.0 Å². The number of aliphatic hydroxyl groups excluding tert-OH is 1. The molecule has 19 heteroatoms. The number of urea groups is 1. The Kier molecular flexibility index (Phi) is 12.7. The molecule has 1 aliphatic carbocycles. The van der Waals surface area contributed by atoms with Crippen molar-refractivity contribution in [2.45, 2.75) is 115 Å². The molecule has 5 aliphatic rings. The van der Waals surface area contributed by atoms with Gasteiger partial charge < -0.3 is 45.4 Å². The van der Waals surface area contributed by atoms with Crippen LogP contribution < -0.4 is 15.5 Å². The quantitative estimate of drug-likeness (QED) is 0.103. The predicted octanol–water partition coefficient (Wildman–Crippen LogP) is 6.38. The van der Waals surface area contributed by atoms with E-state index in [1.54, 1.807) is 53.7 Å². The summed E-state index contributed by atoms with van der Waals surface area (Å²) in [5, 5.41) is 35.7. The number of phenolic OH excluding ortho intramolecular Hbond substituents is 1. The molecule has 2 aromatic carbocycles. The zero-order valence-corrected chi connectivity index (χ0v) is 40.8. The van der Waals surface area contributed by atoms with Crippen LogP contribution in [0.3, 0.4) is 0 Å². The zero-order valence-electron chi connectivity index (χ0n) is 40.8. The molecule has 72 heavy (non-hydrogen) atoms. The summed E-state index contributed by atoms with van der Waals surface area (Å²) in [4.78, 5) is 60.6. The molecule has 378 valence electrons. The smallest absolute Gasteiger partial charge is 0.413 e. The van der Waals surface area contributed by atoms with Gasteiger partial charge in [-0.05, 0) is 98.5 Å². The summed E-state index contributed by atoms with van der Waals surface area (Å²) in [5.41, 5.74) is 3.14. The molecule has 5 atom stereocenters. The van der Waals surface area contributed by atoms with Gasteiger partial charge in [0, 0.05) is 90.6 Å². The van der Waals surface area contributed by atoms with Crippen molar-refractivity contribution in [2.24, 2.45) is 10.8 Å². The van der Waals surface area contributed by atoms with Crippen LogP contribution in [-0.2, 0) is 16.0 Å². The first-order valence-corrected chi connectivity index (χ1v) is 24.8. The van der Waals surface area contributed by atoms with E-state index in [1.165, 1.54) is 15.9 Å². The molecule has 3 saturated heterocycles. The number of benzene rings is 2. The van der Waals surface area contributed by atoms with Gasteiger partial charge in [0.1, 0.15) is 17.8 Å². The van der Waals surface area contributed by atoms with Crippen LogP contribution in [0.5, 0.6) is 5.75 Å². The Morgan fingerprint density at radius 3 is 2.31 bits per heavy atom. The highest BCUT2D eigenvalue weighted by atomic mass is 19.4. The Hall–Kier alpha value is -6.78. The Labute approximate surface area is 415 Å². The van der Waals surface area contributed by atoms with Crippen molar-refractivity contribution in [3.8, 4) is 29.4 Å². The van der Waals surface area contributed by atoms with Gasteiger partial charge >= 0.3 is 12.2 Å². The Bertz CT molecular complexity index is 2890. The van der Waals surface area contributed by atoms with Gasteiger partial charge in [0.2, 0.25) is 17.8 Å². The number of aliphatic hydroxyl groups is 1. The lowest BCUT2D eigenvalue weighted by Gasteiger charge is -2.61. The number of alkyl halides is 3. The highest BCUT2D eigenvalue weighted by molar-refractivity contribution is 5.93. The molecule has 0 bridgehead atoms. The maximum atomic E-state index is 15.1. The number of nitrogens with zero attached hydrogens (tertiary/aromatic N) is 8. The van der Waals surface area contributed by atoms with E-state index in [4.69, 9.17) is 6.42 Å². The second-order valence-corrected chi connectivity index (χ2v) is 21.6. The number of β-amino-alcohol motifs (C(OH)–C–C–N with tert-alkyl or cyclic N) is 1. The van der Waals surface area contributed by atoms with Gasteiger partial charge in [0.25, 0.3) is 0 Å². The number of fused-ring (bicyclic) bond motifs is 3. The number of carbonyl (C=O) groups is 3. The summed E-state index contributed by atoms with van der Waals surface area (Å²) in [6.45, 7) is 10.3. The summed E-state index contributed by atoms with van der Waals surface area (Å²) in [6, 6.07) is 11.1. The van der Waals surface area contributed by atoms with Crippen molar-refractivity contribution < 1.29 is 37.8 Å². The molecule has 1 spiro atoms. The first-order valence-electron chi connectivity index (χ1n) is 24.8. The van der Waals surface area contributed by atoms with E-state index in [0.717, 1.165) is 55.5 Å². The standard InChI is InChI=1S/C53H60F3N11O5/c1-6-31-11-13-32(14-12-31)30(2)59-47(70)41-21-36(68)27-67(41)48(71)44(51(3,4)5)61-50(72)65-28-52(29-65)23-35(24-52)64-18-15-33(16-19-64)34-25-57-49(58-26-34)66-20-17-39-43(45(66)53(54,55)56)38-22-40(62-63-46(38)60-39)37-9-7-8-10-42(37)69/h1,7-14,22,25-26,30,33,35-36,41,44-45,68-69H,15-21,23-24,27-29H2,2-5H3,(H,59,70)(H,60,63)(H,61,72)/t30-,36+,41-,44+,45-/m0/s1. The molecule has 0 unspecified atom stereocenters. The summed E-state index contributed by atoms with van der Waals surface area (Å²) >= 11 is 0. The molecule has 5 aromatic rings. The SMILES string of the molecule is C#Cc1ccc([C@H](C)NC(=O)[C@@H]2C[C@@H](O)CN2C(=O)[C@@H](NC(=O)N2CC3(CC(N4CCC(c5cnc(N6CCc7[nH]c8nnc(-c9ccccc9O)cc8c7[C@H]6C(F)(F)F)nc5)CC4)C3)C2)C(C)(C)C)cc1. The molecular formula is C53H60F3N11O5. The van der Waals surface area contributed by atoms with E-state index in [-0.39, 0.29) is 82.8 Å². The number of likely N-dealkylation sites (tertiary alicyclic amines) is 3. The van der Waals surface area contributed by atoms with Gasteiger partial charge in [-0.3, -0.25) is 9.59 Å². The fourth-order valence-corrected chi connectivity index (χ4v) is 11.7. The van der Waals surface area contributed by atoms with Crippen LogP contribution in [-0.4, -0.2) is 138 Å². The number of phenols is 1. The zero-order chi connectivity index (χ0) is 50.9. The molecule has 5 N–H and O–H groups in total. The van der Waals surface area contributed by atoms with Gasteiger partial charge in [-0.2, -0.15) is 13.2 Å². The number of aromatic amines is 1. The van der Waals surface area contributed by atoms with Gasteiger partial charge in [-0.25, -0.2) is 14.8 Å². The van der Waals surface area contributed by atoms with Gasteiger partial charge in [-0.15, -0.1) is 16.6 Å². The van der Waals surface area contributed by atoms with Crippen molar-refractivity contribution in [3.63, 3.8) is 0 Å². The van der Waals surface area contributed by atoms with Crippen LogP contribution in [0.4, 0.5) is 23.9 Å². The average Bonchev–Trinajstić information content (AvgIpc) is 3.91. The number of H-pyrrole nitrogens is 1. The number of hydrogen-bond acceptors (Lipinski definition) is 11. The Morgan fingerprint density at radius 2 is 1.65 bits per heavy atom. The number of amides is 4. The number of para-hydroxylation sites is 1. The Morgan fingerprint density at radius 1 is 0.958 bits per heavy atom. The number of hydrogen-bond donors (Lipinski definition) is 5. The highest BCUT2D eigenvalue weighted by Gasteiger charge is 2.56. The number of anilines is 1. The van der Waals surface area contributed by atoms with Crippen LogP contribution in [0.2, 0.25) is 0 Å². The van der Waals surface area contributed by atoms with E-state index < -0.39 is 41.7 Å². The number of rotatable bonds is 9. The molecule has 0 radical (unpaired) electrons. The molecule has 4 amide bonds. The van der Waals surface area contributed by atoms with Crippen molar-refractivity contribution in [1.29, 1.82) is 0 Å². The number of aromatic hydroxyl groups is 1. The number of aromatic nitrogens is 5. The van der Waals surface area contributed by atoms with Crippen molar-refractivity contribution in [3.05, 3.63) is 94.9 Å². The predicted molar refractivity (Wildman–Crippen MR) is 262 cm³/mol. The fraction of sp³-hybridized carbons (Fsp3) is 0.491.